The van der Waals surface area contributed by atoms with Crippen molar-refractivity contribution in [1.82, 2.24) is 15.3 Å². The second-order valence-electron chi connectivity index (χ2n) is 4.37. The normalized spacial score (nSPS) is 21.8. The molecule has 0 aromatic carbocycles. The number of aliphatic hydroxyl groups is 1. The van der Waals surface area contributed by atoms with E-state index in [1.54, 1.807) is 0 Å². The maximum atomic E-state index is 9.78. The van der Waals surface area contributed by atoms with E-state index in [0.717, 1.165) is 56.2 Å². The largest absolute Gasteiger partial charge is 0.387 e. The molecule has 1 saturated heterocycles. The molecule has 2 N–H and O–H groups in total. The molecule has 2 aliphatic rings. The van der Waals surface area contributed by atoms with Crippen molar-refractivity contribution in [3.63, 3.8) is 0 Å². The molecular formula is C11H18Cl2N4O. The van der Waals surface area contributed by atoms with Gasteiger partial charge in [-0.15, -0.1) is 24.8 Å². The second kappa shape index (κ2) is 6.52. The summed E-state index contributed by atoms with van der Waals surface area (Å²) >= 11 is 0. The third-order valence-corrected chi connectivity index (χ3v) is 3.29. The van der Waals surface area contributed by atoms with Crippen LogP contribution in [0.5, 0.6) is 0 Å². The number of anilines is 1. The highest BCUT2D eigenvalue weighted by atomic mass is 35.5. The quantitative estimate of drug-likeness (QED) is 0.798. The molecule has 0 amide bonds. The van der Waals surface area contributed by atoms with Crippen LogP contribution < -0.4 is 10.2 Å². The van der Waals surface area contributed by atoms with E-state index >= 15 is 0 Å². The number of aromatic nitrogens is 2. The van der Waals surface area contributed by atoms with Crippen LogP contribution in [0, 0.1) is 0 Å². The highest BCUT2D eigenvalue weighted by Gasteiger charge is 2.24. The number of hydrogen-bond acceptors (Lipinski definition) is 5. The Labute approximate surface area is 119 Å². The molecule has 18 heavy (non-hydrogen) atoms. The lowest BCUT2D eigenvalue weighted by Crippen LogP contribution is -2.44. The molecule has 1 aliphatic heterocycles. The van der Waals surface area contributed by atoms with Crippen LogP contribution in [-0.2, 0) is 6.42 Å². The van der Waals surface area contributed by atoms with Crippen LogP contribution in [0.3, 0.4) is 0 Å². The second-order valence-corrected chi connectivity index (χ2v) is 4.37. The highest BCUT2D eigenvalue weighted by molar-refractivity contribution is 5.85. The van der Waals surface area contributed by atoms with Gasteiger partial charge in [-0.05, 0) is 18.4 Å². The fraction of sp³-hybridized carbons (Fsp3) is 0.636. The summed E-state index contributed by atoms with van der Waals surface area (Å²) < 4.78 is 0. The molecule has 0 radical (unpaired) electrons. The summed E-state index contributed by atoms with van der Waals surface area (Å²) in [7, 11) is 0. The lowest BCUT2D eigenvalue weighted by Gasteiger charge is -2.27. The molecule has 1 aliphatic carbocycles. The van der Waals surface area contributed by atoms with E-state index in [1.165, 1.54) is 0 Å². The van der Waals surface area contributed by atoms with Crippen LogP contribution in [0.1, 0.15) is 23.8 Å². The summed E-state index contributed by atoms with van der Waals surface area (Å²) in [5.41, 5.74) is 1.94. The molecule has 0 saturated carbocycles. The fourth-order valence-electron chi connectivity index (χ4n) is 2.34. The predicted molar refractivity (Wildman–Crippen MR) is 74.9 cm³/mol. The fourth-order valence-corrected chi connectivity index (χ4v) is 2.34. The molecule has 1 unspecified atom stereocenters. The number of halogens is 2. The summed E-state index contributed by atoms with van der Waals surface area (Å²) in [5, 5.41) is 13.1. The van der Waals surface area contributed by atoms with Gasteiger partial charge < -0.3 is 15.3 Å². The van der Waals surface area contributed by atoms with Gasteiger partial charge in [0.25, 0.3) is 0 Å². The average Bonchev–Trinajstić information content (AvgIpc) is 2.72. The van der Waals surface area contributed by atoms with Gasteiger partial charge in [0.05, 0.1) is 11.8 Å². The van der Waals surface area contributed by atoms with Gasteiger partial charge in [0.1, 0.15) is 0 Å². The zero-order valence-corrected chi connectivity index (χ0v) is 11.6. The van der Waals surface area contributed by atoms with Gasteiger partial charge in [0.15, 0.2) is 0 Å². The minimum Gasteiger partial charge on any atom is -0.387 e. The Kier molecular flexibility index (Phi) is 5.59. The van der Waals surface area contributed by atoms with Crippen molar-refractivity contribution in [3.8, 4) is 0 Å². The number of aliphatic hydroxyl groups excluding tert-OH is 1. The van der Waals surface area contributed by atoms with Crippen molar-refractivity contribution in [1.29, 1.82) is 0 Å². The number of rotatable bonds is 1. The first-order valence-electron chi connectivity index (χ1n) is 5.84. The zero-order valence-electron chi connectivity index (χ0n) is 10.0. The van der Waals surface area contributed by atoms with Crippen molar-refractivity contribution >= 4 is 30.8 Å². The lowest BCUT2D eigenvalue weighted by atomic mass is 10.2. The average molecular weight is 293 g/mol. The highest BCUT2D eigenvalue weighted by Crippen LogP contribution is 2.29. The summed E-state index contributed by atoms with van der Waals surface area (Å²) in [6.07, 6.45) is 3.17. The number of fused-ring (bicyclic) bond motifs is 1. The maximum absolute atomic E-state index is 9.78. The van der Waals surface area contributed by atoms with E-state index < -0.39 is 0 Å². The third kappa shape index (κ3) is 2.85. The SMILES string of the molecule is Cl.Cl.OC1CCc2cnc(N3CCNCC3)nc21. The Hall–Kier alpha value is -0.620. The number of aryl methyl sites for hydroxylation is 1. The van der Waals surface area contributed by atoms with Crippen molar-refractivity contribution < 1.29 is 5.11 Å². The van der Waals surface area contributed by atoms with E-state index in [2.05, 4.69) is 20.2 Å². The minimum atomic E-state index is -0.389. The van der Waals surface area contributed by atoms with Crippen LogP contribution in [-0.4, -0.2) is 41.3 Å². The lowest BCUT2D eigenvalue weighted by molar-refractivity contribution is 0.176. The molecule has 1 aromatic rings. The first-order chi connectivity index (χ1) is 7.84. The molecule has 0 bridgehead atoms. The molecule has 1 fully saturated rings. The summed E-state index contributed by atoms with van der Waals surface area (Å²) in [6.45, 7) is 3.83. The molecule has 5 nitrogen and oxygen atoms in total. The molecule has 102 valence electrons. The first kappa shape index (κ1) is 15.4. The molecule has 2 heterocycles. The number of hydrogen-bond donors (Lipinski definition) is 2. The Morgan fingerprint density at radius 3 is 2.72 bits per heavy atom. The van der Waals surface area contributed by atoms with Gasteiger partial charge in [-0.2, -0.15) is 0 Å². The monoisotopic (exact) mass is 292 g/mol. The summed E-state index contributed by atoms with van der Waals surface area (Å²) in [6, 6.07) is 0. The molecule has 0 spiro atoms. The van der Waals surface area contributed by atoms with Crippen LogP contribution in [0.4, 0.5) is 5.95 Å². The van der Waals surface area contributed by atoms with Crippen LogP contribution in [0.15, 0.2) is 6.20 Å². The Morgan fingerprint density at radius 1 is 1.28 bits per heavy atom. The predicted octanol–water partition coefficient (Wildman–Crippen LogP) is 0.709. The van der Waals surface area contributed by atoms with Crippen molar-refractivity contribution in [3.05, 3.63) is 17.5 Å². The zero-order chi connectivity index (χ0) is 11.0. The number of nitrogens with zero attached hydrogens (tertiary/aromatic N) is 3. The van der Waals surface area contributed by atoms with Gasteiger partial charge in [-0.3, -0.25) is 0 Å². The maximum Gasteiger partial charge on any atom is 0.225 e. The van der Waals surface area contributed by atoms with Crippen molar-refractivity contribution in [2.24, 2.45) is 0 Å². The topological polar surface area (TPSA) is 61.3 Å². The number of piperazine rings is 1. The molecule has 3 rings (SSSR count). The van der Waals surface area contributed by atoms with E-state index in [-0.39, 0.29) is 30.9 Å². The minimum absolute atomic E-state index is 0. The van der Waals surface area contributed by atoms with E-state index in [0.29, 0.717) is 0 Å². The van der Waals surface area contributed by atoms with Gasteiger partial charge >= 0.3 is 0 Å². The van der Waals surface area contributed by atoms with Crippen LogP contribution >= 0.6 is 24.8 Å². The smallest absolute Gasteiger partial charge is 0.225 e. The van der Waals surface area contributed by atoms with Crippen LogP contribution in [0.25, 0.3) is 0 Å². The van der Waals surface area contributed by atoms with E-state index in [9.17, 15) is 5.11 Å². The van der Waals surface area contributed by atoms with Crippen molar-refractivity contribution in [2.75, 3.05) is 31.1 Å². The van der Waals surface area contributed by atoms with Crippen LogP contribution in [0.2, 0.25) is 0 Å². The summed E-state index contributed by atoms with van der Waals surface area (Å²) in [4.78, 5) is 11.0. The molecule has 1 aromatic heterocycles. The van der Waals surface area contributed by atoms with Gasteiger partial charge in [-0.25, -0.2) is 9.97 Å². The standard InChI is InChI=1S/C11H16N4O.2ClH/c16-9-2-1-8-7-13-11(14-10(8)9)15-5-3-12-4-6-15;;/h7,9,12,16H,1-6H2;2*1H. The van der Waals surface area contributed by atoms with Gasteiger partial charge in [0, 0.05) is 32.4 Å². The van der Waals surface area contributed by atoms with Gasteiger partial charge in [-0.1, -0.05) is 0 Å². The Bertz CT molecular complexity index is 399. The molecular weight excluding hydrogens is 275 g/mol. The van der Waals surface area contributed by atoms with Crippen molar-refractivity contribution in [2.45, 2.75) is 18.9 Å². The first-order valence-corrected chi connectivity index (χ1v) is 5.84. The van der Waals surface area contributed by atoms with E-state index in [1.807, 2.05) is 6.20 Å². The Morgan fingerprint density at radius 2 is 2.00 bits per heavy atom. The third-order valence-electron chi connectivity index (χ3n) is 3.29. The van der Waals surface area contributed by atoms with Gasteiger partial charge in [0.2, 0.25) is 5.95 Å². The molecule has 7 heteroatoms. The Balaban J connectivity index is 0.000000810. The summed E-state index contributed by atoms with van der Waals surface area (Å²) in [5.74, 6) is 0.765. The molecule has 1 atom stereocenters. The van der Waals surface area contributed by atoms with E-state index in [4.69, 9.17) is 0 Å². The number of nitrogens with one attached hydrogen (secondary N) is 1.